The van der Waals surface area contributed by atoms with Crippen molar-refractivity contribution in [1.29, 1.82) is 0 Å². The van der Waals surface area contributed by atoms with Crippen LogP contribution in [-0.4, -0.2) is 6.61 Å². The Balaban J connectivity index is 2.23. The summed E-state index contributed by atoms with van der Waals surface area (Å²) >= 11 is 0. The zero-order chi connectivity index (χ0) is 15.7. The van der Waals surface area contributed by atoms with Gasteiger partial charge in [0.05, 0.1) is 18.2 Å². The van der Waals surface area contributed by atoms with E-state index >= 15 is 0 Å². The van der Waals surface area contributed by atoms with Crippen LogP contribution in [0.4, 0.5) is 0 Å². The number of hydrogen-bond acceptors (Lipinski definition) is 1. The minimum Gasteiger partial charge on any atom is -0.493 e. The van der Waals surface area contributed by atoms with E-state index in [2.05, 4.69) is 57.2 Å². The standard InChI is InChI=1S/C20H21O2/c1-5-21-19-12-18(16-8-6-13(2)7-9-16)22-20-11-15(4)14(3)10-17(19)20/h6-12H,5H2,1-4H3/q+1. The highest BCUT2D eigenvalue weighted by Crippen LogP contribution is 2.34. The molecule has 0 saturated carbocycles. The Morgan fingerprint density at radius 1 is 0.909 bits per heavy atom. The molecule has 0 spiro atoms. The molecule has 0 atom stereocenters. The molecule has 1 heterocycles. The molecular weight excluding hydrogens is 272 g/mol. The van der Waals surface area contributed by atoms with E-state index < -0.39 is 0 Å². The predicted molar refractivity (Wildman–Crippen MR) is 91.4 cm³/mol. The maximum atomic E-state index is 6.13. The number of aryl methyl sites for hydroxylation is 3. The Morgan fingerprint density at radius 3 is 2.27 bits per heavy atom. The lowest BCUT2D eigenvalue weighted by molar-refractivity contribution is 0.342. The maximum Gasteiger partial charge on any atom is 0.364 e. The highest BCUT2D eigenvalue weighted by molar-refractivity contribution is 5.87. The van der Waals surface area contributed by atoms with Gasteiger partial charge in [-0.3, -0.25) is 0 Å². The first-order chi connectivity index (χ1) is 10.6. The van der Waals surface area contributed by atoms with Crippen LogP contribution in [0.25, 0.3) is 22.3 Å². The van der Waals surface area contributed by atoms with E-state index in [9.17, 15) is 0 Å². The number of fused-ring (bicyclic) bond motifs is 1. The summed E-state index contributed by atoms with van der Waals surface area (Å²) in [5.74, 6) is 1.71. The van der Waals surface area contributed by atoms with Crippen LogP contribution in [0, 0.1) is 20.8 Å². The van der Waals surface area contributed by atoms with Crippen LogP contribution in [0.1, 0.15) is 23.6 Å². The lowest BCUT2D eigenvalue weighted by Crippen LogP contribution is -1.94. The fourth-order valence-electron chi connectivity index (χ4n) is 2.55. The van der Waals surface area contributed by atoms with E-state index in [0.717, 1.165) is 28.0 Å². The fraction of sp³-hybridized carbons (Fsp3) is 0.250. The van der Waals surface area contributed by atoms with E-state index in [1.54, 1.807) is 0 Å². The Hall–Kier alpha value is -2.35. The van der Waals surface area contributed by atoms with Gasteiger partial charge in [-0.15, -0.1) is 0 Å². The molecule has 0 amide bonds. The largest absolute Gasteiger partial charge is 0.493 e. The summed E-state index contributed by atoms with van der Waals surface area (Å²) in [6, 6.07) is 14.6. The lowest BCUT2D eigenvalue weighted by atomic mass is 10.0. The number of benzene rings is 2. The van der Waals surface area contributed by atoms with Crippen molar-refractivity contribution in [2.45, 2.75) is 27.7 Å². The van der Waals surface area contributed by atoms with Crippen molar-refractivity contribution in [2.75, 3.05) is 6.61 Å². The van der Waals surface area contributed by atoms with E-state index in [0.29, 0.717) is 6.61 Å². The van der Waals surface area contributed by atoms with Gasteiger partial charge in [0.1, 0.15) is 11.1 Å². The molecule has 3 rings (SSSR count). The molecule has 0 aliphatic carbocycles. The van der Waals surface area contributed by atoms with Gasteiger partial charge >= 0.3 is 11.3 Å². The Kier molecular flexibility index (Phi) is 3.84. The second kappa shape index (κ2) is 5.80. The van der Waals surface area contributed by atoms with Crippen molar-refractivity contribution < 1.29 is 9.15 Å². The zero-order valence-electron chi connectivity index (χ0n) is 13.6. The van der Waals surface area contributed by atoms with Crippen LogP contribution in [-0.2, 0) is 0 Å². The van der Waals surface area contributed by atoms with Crippen molar-refractivity contribution >= 4 is 11.0 Å². The maximum absolute atomic E-state index is 6.13. The van der Waals surface area contributed by atoms with Crippen LogP contribution in [0.15, 0.2) is 46.9 Å². The summed E-state index contributed by atoms with van der Waals surface area (Å²) in [5, 5.41) is 1.03. The van der Waals surface area contributed by atoms with Crippen molar-refractivity contribution in [3.8, 4) is 17.1 Å². The molecule has 112 valence electrons. The molecule has 0 saturated heterocycles. The molecule has 0 unspecified atom stereocenters. The summed E-state index contributed by atoms with van der Waals surface area (Å²) in [6.45, 7) is 8.93. The Bertz CT molecular complexity index is 817. The fourth-order valence-corrected chi connectivity index (χ4v) is 2.55. The first-order valence-electron chi connectivity index (χ1n) is 7.66. The number of hydrogen-bond donors (Lipinski definition) is 0. The molecule has 2 nitrogen and oxygen atoms in total. The van der Waals surface area contributed by atoms with Crippen LogP contribution in [0.2, 0.25) is 0 Å². The molecular formula is C20H21O2+. The van der Waals surface area contributed by atoms with E-state index in [4.69, 9.17) is 9.15 Å². The minimum absolute atomic E-state index is 0.638. The topological polar surface area (TPSA) is 20.5 Å². The molecule has 3 aromatic rings. The van der Waals surface area contributed by atoms with Gasteiger partial charge in [-0.25, -0.2) is 4.42 Å². The molecule has 0 aliphatic heterocycles. The molecule has 0 aliphatic rings. The van der Waals surface area contributed by atoms with Gasteiger partial charge in [-0.1, -0.05) is 17.7 Å². The minimum atomic E-state index is 0.638. The van der Waals surface area contributed by atoms with Crippen molar-refractivity contribution in [3.05, 3.63) is 59.2 Å². The van der Waals surface area contributed by atoms with Gasteiger partial charge < -0.3 is 4.74 Å². The molecule has 1 aromatic heterocycles. The average molecular weight is 293 g/mol. The summed E-state index contributed by atoms with van der Waals surface area (Å²) in [7, 11) is 0. The smallest absolute Gasteiger partial charge is 0.364 e. The van der Waals surface area contributed by atoms with E-state index in [1.165, 1.54) is 16.7 Å². The van der Waals surface area contributed by atoms with Crippen molar-refractivity contribution in [1.82, 2.24) is 0 Å². The van der Waals surface area contributed by atoms with E-state index in [-0.39, 0.29) is 0 Å². The van der Waals surface area contributed by atoms with Gasteiger partial charge in [-0.2, -0.15) is 0 Å². The molecule has 0 fully saturated rings. The first kappa shape index (κ1) is 14.6. The third kappa shape index (κ3) is 2.69. The number of ether oxygens (including phenoxy) is 1. The summed E-state index contributed by atoms with van der Waals surface area (Å²) in [5.41, 5.74) is 5.63. The Labute approximate surface area is 131 Å². The second-order valence-corrected chi connectivity index (χ2v) is 5.71. The van der Waals surface area contributed by atoms with Gasteiger partial charge in [0.2, 0.25) is 0 Å². The third-order valence-electron chi connectivity index (χ3n) is 3.98. The van der Waals surface area contributed by atoms with E-state index in [1.807, 2.05) is 13.0 Å². The molecule has 0 radical (unpaired) electrons. The highest BCUT2D eigenvalue weighted by atomic mass is 16.5. The van der Waals surface area contributed by atoms with Gasteiger partial charge in [0, 0.05) is 6.07 Å². The van der Waals surface area contributed by atoms with Crippen molar-refractivity contribution in [3.63, 3.8) is 0 Å². The number of rotatable bonds is 3. The van der Waals surface area contributed by atoms with Crippen LogP contribution < -0.4 is 4.74 Å². The molecule has 0 bridgehead atoms. The summed E-state index contributed by atoms with van der Waals surface area (Å²) in [6.07, 6.45) is 0. The van der Waals surface area contributed by atoms with Crippen LogP contribution in [0.3, 0.4) is 0 Å². The lowest BCUT2D eigenvalue weighted by Gasteiger charge is -2.06. The second-order valence-electron chi connectivity index (χ2n) is 5.71. The predicted octanol–water partition coefficient (Wildman–Crippen LogP) is 5.70. The molecule has 2 heteroatoms. The summed E-state index contributed by atoms with van der Waals surface area (Å²) in [4.78, 5) is 0. The Morgan fingerprint density at radius 2 is 1.59 bits per heavy atom. The van der Waals surface area contributed by atoms with Gasteiger partial charge in [0.25, 0.3) is 0 Å². The SMILES string of the molecule is CCOc1cc(-c2ccc(C)cc2)[o+]c2cc(C)c(C)cc12. The monoisotopic (exact) mass is 293 g/mol. The molecule has 2 aromatic carbocycles. The first-order valence-corrected chi connectivity index (χ1v) is 7.66. The molecule has 0 N–H and O–H groups in total. The van der Waals surface area contributed by atoms with Crippen LogP contribution in [0.5, 0.6) is 5.75 Å². The summed E-state index contributed by atoms with van der Waals surface area (Å²) < 4.78 is 12.0. The quantitative estimate of drug-likeness (QED) is 0.577. The average Bonchev–Trinajstić information content (AvgIpc) is 2.50. The zero-order valence-corrected chi connectivity index (χ0v) is 13.6. The molecule has 22 heavy (non-hydrogen) atoms. The van der Waals surface area contributed by atoms with Gasteiger partial charge in [-0.05, 0) is 57.0 Å². The third-order valence-corrected chi connectivity index (χ3v) is 3.98. The highest BCUT2D eigenvalue weighted by Gasteiger charge is 2.20. The van der Waals surface area contributed by atoms with Crippen LogP contribution >= 0.6 is 0 Å². The van der Waals surface area contributed by atoms with Gasteiger partial charge in [0.15, 0.2) is 0 Å². The van der Waals surface area contributed by atoms with Crippen molar-refractivity contribution in [2.24, 2.45) is 0 Å². The normalized spacial score (nSPS) is 10.9.